The van der Waals surface area contributed by atoms with Crippen LogP contribution in [-0.2, 0) is 15.9 Å². The first-order valence-corrected chi connectivity index (χ1v) is 9.29. The van der Waals surface area contributed by atoms with E-state index in [9.17, 15) is 9.46 Å². The Hall–Kier alpha value is -1.61. The van der Waals surface area contributed by atoms with Gasteiger partial charge in [0.15, 0.2) is 6.35 Å². The molecule has 0 aliphatic heterocycles. The summed E-state index contributed by atoms with van der Waals surface area (Å²) in [5, 5.41) is 0. The van der Waals surface area contributed by atoms with Crippen LogP contribution in [0.25, 0.3) is 0 Å². The third kappa shape index (κ3) is 6.44. The second kappa shape index (κ2) is 8.74. The highest BCUT2D eigenvalue weighted by atomic mass is 31.2. The number of hydrogen-bond acceptors (Lipinski definition) is 3. The number of ether oxygens (including phenoxy) is 2. The van der Waals surface area contributed by atoms with Gasteiger partial charge in [0.2, 0.25) is 7.37 Å². The van der Waals surface area contributed by atoms with Crippen LogP contribution in [0.15, 0.2) is 60.7 Å². The van der Waals surface area contributed by atoms with E-state index >= 15 is 0 Å². The van der Waals surface area contributed by atoms with Crippen molar-refractivity contribution in [1.29, 1.82) is 0 Å². The Morgan fingerprint density at radius 1 is 0.955 bits per heavy atom. The standard InChI is InChI=1S/C17H21O4P/c18-22(19,15-21-17-10-5-2-6-11-17)13-7-12-20-14-16-8-3-1-4-9-16/h1-6,8-11H,7,12-15H2,(H,18,19). The van der Waals surface area contributed by atoms with Gasteiger partial charge >= 0.3 is 0 Å². The number of hydrogen-bond donors (Lipinski definition) is 1. The van der Waals surface area contributed by atoms with Crippen molar-refractivity contribution in [1.82, 2.24) is 0 Å². The summed E-state index contributed by atoms with van der Waals surface area (Å²) in [4.78, 5) is 9.87. The predicted octanol–water partition coefficient (Wildman–Crippen LogP) is 3.90. The Morgan fingerprint density at radius 2 is 1.59 bits per heavy atom. The van der Waals surface area contributed by atoms with Crippen molar-refractivity contribution in [3.8, 4) is 5.75 Å². The fourth-order valence-electron chi connectivity index (χ4n) is 1.93. The minimum atomic E-state index is -3.27. The van der Waals surface area contributed by atoms with Gasteiger partial charge in [-0.25, -0.2) is 0 Å². The van der Waals surface area contributed by atoms with Crippen LogP contribution >= 0.6 is 7.37 Å². The second-order valence-corrected chi connectivity index (χ2v) is 7.45. The van der Waals surface area contributed by atoms with Crippen molar-refractivity contribution in [3.63, 3.8) is 0 Å². The molecule has 0 aliphatic rings. The quantitative estimate of drug-likeness (QED) is 0.562. The van der Waals surface area contributed by atoms with Gasteiger partial charge in [-0.05, 0) is 24.1 Å². The van der Waals surface area contributed by atoms with E-state index in [0.717, 1.165) is 5.56 Å². The molecule has 1 unspecified atom stereocenters. The number of para-hydroxylation sites is 1. The molecule has 5 heteroatoms. The Bertz CT molecular complexity index is 586. The monoisotopic (exact) mass is 320 g/mol. The zero-order chi connectivity index (χ0) is 15.7. The molecule has 1 atom stereocenters. The van der Waals surface area contributed by atoms with Crippen LogP contribution in [-0.4, -0.2) is 24.0 Å². The third-order valence-electron chi connectivity index (χ3n) is 3.08. The summed E-state index contributed by atoms with van der Waals surface area (Å²) in [5.41, 5.74) is 1.10. The minimum Gasteiger partial charge on any atom is -0.484 e. The maximum Gasteiger partial charge on any atom is 0.236 e. The molecule has 0 fully saturated rings. The highest BCUT2D eigenvalue weighted by Gasteiger charge is 2.18. The Kier molecular flexibility index (Phi) is 6.66. The highest BCUT2D eigenvalue weighted by Crippen LogP contribution is 2.41. The fourth-order valence-corrected chi connectivity index (χ4v) is 3.04. The number of benzene rings is 2. The first kappa shape index (κ1) is 16.8. The van der Waals surface area contributed by atoms with E-state index < -0.39 is 7.37 Å². The zero-order valence-corrected chi connectivity index (χ0v) is 13.3. The van der Waals surface area contributed by atoms with Gasteiger partial charge in [-0.1, -0.05) is 48.5 Å². The van der Waals surface area contributed by atoms with Crippen LogP contribution in [0.3, 0.4) is 0 Å². The van der Waals surface area contributed by atoms with Crippen molar-refractivity contribution in [2.45, 2.75) is 13.0 Å². The average molecular weight is 320 g/mol. The summed E-state index contributed by atoms with van der Waals surface area (Å²) in [6.07, 6.45) is 0.586. The summed E-state index contributed by atoms with van der Waals surface area (Å²) in [6.45, 7) is 0.988. The molecular formula is C17H21O4P. The molecule has 0 heterocycles. The van der Waals surface area contributed by atoms with E-state index in [0.29, 0.717) is 25.4 Å². The molecule has 4 nitrogen and oxygen atoms in total. The lowest BCUT2D eigenvalue weighted by Gasteiger charge is -2.13. The smallest absolute Gasteiger partial charge is 0.236 e. The molecule has 2 aromatic carbocycles. The zero-order valence-electron chi connectivity index (χ0n) is 12.4. The molecule has 0 radical (unpaired) electrons. The summed E-state index contributed by atoms with van der Waals surface area (Å²) < 4.78 is 22.8. The highest BCUT2D eigenvalue weighted by molar-refractivity contribution is 7.57. The lowest BCUT2D eigenvalue weighted by Crippen LogP contribution is -2.04. The summed E-state index contributed by atoms with van der Waals surface area (Å²) in [5.74, 6) is 0.608. The molecule has 1 N–H and O–H groups in total. The van der Waals surface area contributed by atoms with Crippen molar-refractivity contribution in [2.75, 3.05) is 19.1 Å². The molecular weight excluding hydrogens is 299 g/mol. The second-order valence-electron chi connectivity index (χ2n) is 5.05. The molecule has 0 aliphatic carbocycles. The van der Waals surface area contributed by atoms with Crippen LogP contribution in [0.1, 0.15) is 12.0 Å². The van der Waals surface area contributed by atoms with E-state index in [2.05, 4.69) is 0 Å². The molecule has 0 bridgehead atoms. The Labute approximate surface area is 131 Å². The average Bonchev–Trinajstić information content (AvgIpc) is 2.55. The van der Waals surface area contributed by atoms with Crippen LogP contribution in [0.5, 0.6) is 5.75 Å². The van der Waals surface area contributed by atoms with Gasteiger partial charge in [-0.3, -0.25) is 4.57 Å². The van der Waals surface area contributed by atoms with Gasteiger partial charge in [-0.2, -0.15) is 0 Å². The lowest BCUT2D eigenvalue weighted by atomic mass is 10.2. The maximum atomic E-state index is 12.0. The van der Waals surface area contributed by atoms with Crippen LogP contribution in [0, 0.1) is 0 Å². The Morgan fingerprint density at radius 3 is 2.27 bits per heavy atom. The van der Waals surface area contributed by atoms with E-state index in [1.54, 1.807) is 12.1 Å². The van der Waals surface area contributed by atoms with Crippen LogP contribution in [0.2, 0.25) is 0 Å². The van der Waals surface area contributed by atoms with E-state index in [-0.39, 0.29) is 12.5 Å². The van der Waals surface area contributed by atoms with Crippen molar-refractivity contribution in [2.24, 2.45) is 0 Å². The summed E-state index contributed by atoms with van der Waals surface area (Å²) >= 11 is 0. The van der Waals surface area contributed by atoms with Gasteiger partial charge in [0.1, 0.15) is 5.75 Å². The molecule has 0 aromatic heterocycles. The lowest BCUT2D eigenvalue weighted by molar-refractivity contribution is 0.121. The molecule has 22 heavy (non-hydrogen) atoms. The van der Waals surface area contributed by atoms with Crippen LogP contribution in [0.4, 0.5) is 0 Å². The summed E-state index contributed by atoms with van der Waals surface area (Å²) in [6, 6.07) is 18.9. The third-order valence-corrected chi connectivity index (χ3v) is 4.63. The fraction of sp³-hybridized carbons (Fsp3) is 0.294. The summed E-state index contributed by atoms with van der Waals surface area (Å²) in [7, 11) is -3.27. The molecule has 2 aromatic rings. The largest absolute Gasteiger partial charge is 0.484 e. The molecule has 0 saturated carbocycles. The topological polar surface area (TPSA) is 55.8 Å². The van der Waals surface area contributed by atoms with Crippen molar-refractivity contribution >= 4 is 7.37 Å². The molecule has 0 spiro atoms. The maximum absolute atomic E-state index is 12.0. The van der Waals surface area contributed by atoms with Gasteiger partial charge in [-0.15, -0.1) is 0 Å². The van der Waals surface area contributed by atoms with Gasteiger partial charge in [0.25, 0.3) is 0 Å². The minimum absolute atomic E-state index is 0.157. The van der Waals surface area contributed by atoms with E-state index in [1.165, 1.54) is 0 Å². The normalized spacial score (nSPS) is 13.5. The van der Waals surface area contributed by atoms with Gasteiger partial charge in [0, 0.05) is 12.8 Å². The van der Waals surface area contributed by atoms with Gasteiger partial charge < -0.3 is 14.4 Å². The number of rotatable bonds is 9. The van der Waals surface area contributed by atoms with Crippen molar-refractivity contribution < 1.29 is 18.9 Å². The van der Waals surface area contributed by atoms with Gasteiger partial charge in [0.05, 0.1) is 6.61 Å². The van der Waals surface area contributed by atoms with E-state index in [1.807, 2.05) is 48.5 Å². The Balaban J connectivity index is 1.62. The molecule has 2 rings (SSSR count). The molecule has 118 valence electrons. The van der Waals surface area contributed by atoms with E-state index in [4.69, 9.17) is 9.47 Å². The first-order valence-electron chi connectivity index (χ1n) is 7.26. The SMILES string of the molecule is O=P(O)(CCCOCc1ccccc1)COc1ccccc1. The first-order chi connectivity index (χ1) is 10.7. The van der Waals surface area contributed by atoms with Crippen molar-refractivity contribution in [3.05, 3.63) is 66.2 Å². The predicted molar refractivity (Wildman–Crippen MR) is 87.3 cm³/mol. The molecule has 0 saturated heterocycles. The van der Waals surface area contributed by atoms with Crippen LogP contribution < -0.4 is 4.74 Å². The molecule has 0 amide bonds.